The summed E-state index contributed by atoms with van der Waals surface area (Å²) < 4.78 is 19.7. The molecule has 9 heteroatoms. The lowest BCUT2D eigenvalue weighted by Crippen LogP contribution is -2.51. The van der Waals surface area contributed by atoms with Gasteiger partial charge in [-0.1, -0.05) is 61.2 Å². The minimum atomic E-state index is -0.614. The first-order valence-electron chi connectivity index (χ1n) is 17.4. The molecule has 0 aromatic heterocycles. The van der Waals surface area contributed by atoms with Gasteiger partial charge in [-0.3, -0.25) is 9.59 Å². The van der Waals surface area contributed by atoms with Crippen molar-refractivity contribution in [2.24, 2.45) is 0 Å². The van der Waals surface area contributed by atoms with Crippen LogP contribution < -0.4 is 10.6 Å². The quantitative estimate of drug-likeness (QED) is 0.231. The Balaban J connectivity index is 1.35. The molecule has 0 radical (unpaired) electrons. The highest BCUT2D eigenvalue weighted by molar-refractivity contribution is 5.84. The number of nitrogens with zero attached hydrogens (tertiary/aromatic N) is 3. The largest absolute Gasteiger partial charge is 0.370 e. The lowest BCUT2D eigenvalue weighted by Gasteiger charge is -2.38. The van der Waals surface area contributed by atoms with Crippen LogP contribution in [0.1, 0.15) is 43.2 Å². The van der Waals surface area contributed by atoms with E-state index in [-0.39, 0.29) is 30.3 Å². The van der Waals surface area contributed by atoms with Crippen LogP contribution in [0.15, 0.2) is 79.0 Å². The lowest BCUT2D eigenvalue weighted by molar-refractivity contribution is -0.136. The third kappa shape index (κ3) is 9.43. The van der Waals surface area contributed by atoms with E-state index in [1.54, 1.807) is 24.1 Å². The van der Waals surface area contributed by atoms with Crippen molar-refractivity contribution >= 4 is 22.6 Å². The van der Waals surface area contributed by atoms with Gasteiger partial charge in [0.1, 0.15) is 18.5 Å². The van der Waals surface area contributed by atoms with Crippen molar-refractivity contribution in [3.05, 3.63) is 96.0 Å². The van der Waals surface area contributed by atoms with E-state index >= 15 is 0 Å². The molecule has 5 rings (SSSR count). The molecule has 3 aromatic carbocycles. The van der Waals surface area contributed by atoms with Gasteiger partial charge in [0.2, 0.25) is 11.8 Å². The van der Waals surface area contributed by atoms with Crippen LogP contribution in [0.25, 0.3) is 10.8 Å². The van der Waals surface area contributed by atoms with Gasteiger partial charge >= 0.3 is 0 Å². The Kier molecular flexibility index (Phi) is 12.6. The monoisotopic (exact) mass is 657 g/mol. The van der Waals surface area contributed by atoms with E-state index in [0.29, 0.717) is 37.7 Å². The van der Waals surface area contributed by atoms with Crippen LogP contribution in [0.2, 0.25) is 0 Å². The first-order valence-corrected chi connectivity index (χ1v) is 17.4. The maximum Gasteiger partial charge on any atom is 0.248 e. The molecule has 0 spiro atoms. The van der Waals surface area contributed by atoms with Crippen LogP contribution in [-0.2, 0) is 27.2 Å². The summed E-state index contributed by atoms with van der Waals surface area (Å²) in [5, 5.41) is 8.86. The van der Waals surface area contributed by atoms with Crippen LogP contribution >= 0.6 is 0 Å². The highest BCUT2D eigenvalue weighted by Crippen LogP contribution is 2.24. The second kappa shape index (κ2) is 17.0. The molecule has 0 saturated carbocycles. The molecule has 48 heavy (non-hydrogen) atoms. The van der Waals surface area contributed by atoms with Gasteiger partial charge in [0, 0.05) is 44.8 Å². The number of hydrogen-bond acceptors (Lipinski definition) is 6. The van der Waals surface area contributed by atoms with Crippen molar-refractivity contribution in [1.82, 2.24) is 25.3 Å². The molecular formula is C39H52FN5O3. The van der Waals surface area contributed by atoms with Crippen LogP contribution in [0.4, 0.5) is 4.39 Å². The minimum absolute atomic E-state index is 0.0327. The van der Waals surface area contributed by atoms with Gasteiger partial charge < -0.3 is 30.1 Å². The molecule has 8 nitrogen and oxygen atoms in total. The van der Waals surface area contributed by atoms with Crippen molar-refractivity contribution in [2.45, 2.75) is 69.1 Å². The van der Waals surface area contributed by atoms with Gasteiger partial charge in [-0.2, -0.15) is 0 Å². The standard InChI is InChI=1S/C39H52FN5O3/c1-28(44(3)37(24-29-14-17-33(40)18-15-29)39(47)42-21-19-35-12-8-22-43(35)2)36(25-30-13-16-31-9-5-6-10-32(31)23-30)45(4)38(46)27-48-26-34-11-7-20-41-34/h5-6,9-10,13-18,23,34-37,41H,1,7-8,11-12,19-22,24-27H2,2-4H3,(H,42,47)/t34?,35?,36-,37?/m1/s1. The van der Waals surface area contributed by atoms with Crippen LogP contribution in [0.5, 0.6) is 0 Å². The zero-order valence-electron chi connectivity index (χ0n) is 28.8. The summed E-state index contributed by atoms with van der Waals surface area (Å²) in [5.41, 5.74) is 2.55. The van der Waals surface area contributed by atoms with Crippen molar-refractivity contribution in [1.29, 1.82) is 0 Å². The molecule has 3 unspecified atom stereocenters. The molecule has 0 bridgehead atoms. The fourth-order valence-electron chi connectivity index (χ4n) is 7.04. The summed E-state index contributed by atoms with van der Waals surface area (Å²) in [6, 6.07) is 20.5. The minimum Gasteiger partial charge on any atom is -0.370 e. The Morgan fingerprint density at radius 2 is 1.71 bits per heavy atom. The predicted octanol–water partition coefficient (Wildman–Crippen LogP) is 4.77. The van der Waals surface area contributed by atoms with E-state index in [4.69, 9.17) is 4.74 Å². The van der Waals surface area contributed by atoms with E-state index in [0.717, 1.165) is 60.7 Å². The van der Waals surface area contributed by atoms with E-state index in [9.17, 15) is 14.0 Å². The lowest BCUT2D eigenvalue weighted by atomic mass is 9.97. The molecule has 2 aliphatic heterocycles. The van der Waals surface area contributed by atoms with E-state index in [1.165, 1.54) is 18.6 Å². The highest BCUT2D eigenvalue weighted by Gasteiger charge is 2.32. The van der Waals surface area contributed by atoms with Gasteiger partial charge in [-0.05, 0) is 92.7 Å². The number of rotatable bonds is 16. The van der Waals surface area contributed by atoms with E-state index in [1.807, 2.05) is 24.1 Å². The number of nitrogens with one attached hydrogen (secondary N) is 2. The molecule has 2 heterocycles. The van der Waals surface area contributed by atoms with Crippen molar-refractivity contribution in [3.8, 4) is 0 Å². The molecule has 258 valence electrons. The van der Waals surface area contributed by atoms with Crippen LogP contribution in [-0.4, -0.2) is 105 Å². The summed E-state index contributed by atoms with van der Waals surface area (Å²) in [5.74, 6) is -0.581. The topological polar surface area (TPSA) is 77.1 Å². The summed E-state index contributed by atoms with van der Waals surface area (Å²) in [7, 11) is 5.80. The Hall–Kier alpha value is -3.79. The van der Waals surface area contributed by atoms with E-state index in [2.05, 4.69) is 59.5 Å². The Morgan fingerprint density at radius 3 is 2.42 bits per heavy atom. The van der Waals surface area contributed by atoms with Gasteiger partial charge in [-0.25, -0.2) is 4.39 Å². The number of hydrogen-bond donors (Lipinski definition) is 2. The first-order chi connectivity index (χ1) is 23.2. The van der Waals surface area contributed by atoms with Crippen molar-refractivity contribution in [2.75, 3.05) is 54.0 Å². The number of ether oxygens (including phenoxy) is 1. The maximum absolute atomic E-state index is 13.9. The Morgan fingerprint density at radius 1 is 0.979 bits per heavy atom. The number of likely N-dealkylation sites (N-methyl/N-ethyl adjacent to an activating group) is 2. The molecule has 2 fully saturated rings. The second-order valence-electron chi connectivity index (χ2n) is 13.5. The summed E-state index contributed by atoms with van der Waals surface area (Å²) in [6.07, 6.45) is 6.24. The summed E-state index contributed by atoms with van der Waals surface area (Å²) in [4.78, 5) is 33.5. The number of carbonyl (C=O) groups is 2. The molecule has 2 saturated heterocycles. The van der Waals surface area contributed by atoms with Gasteiger partial charge in [0.15, 0.2) is 0 Å². The number of benzene rings is 3. The molecule has 0 aliphatic carbocycles. The Labute approximate surface area is 285 Å². The number of carbonyl (C=O) groups excluding carboxylic acids is 2. The zero-order valence-corrected chi connectivity index (χ0v) is 28.8. The van der Waals surface area contributed by atoms with Gasteiger partial charge in [0.05, 0.1) is 12.6 Å². The molecule has 3 aromatic rings. The fraction of sp³-hybridized carbons (Fsp3) is 0.487. The maximum atomic E-state index is 13.9. The summed E-state index contributed by atoms with van der Waals surface area (Å²) in [6.45, 7) is 7.60. The molecular weight excluding hydrogens is 605 g/mol. The molecule has 2 amide bonds. The average Bonchev–Trinajstić information content (AvgIpc) is 3.77. The number of amides is 2. The molecule has 2 aliphatic rings. The first kappa shape index (κ1) is 35.5. The highest BCUT2D eigenvalue weighted by atomic mass is 19.1. The second-order valence-corrected chi connectivity index (χ2v) is 13.5. The molecule has 4 atom stereocenters. The molecule has 2 N–H and O–H groups in total. The van der Waals surface area contributed by atoms with Gasteiger partial charge in [-0.15, -0.1) is 0 Å². The van der Waals surface area contributed by atoms with Crippen molar-refractivity contribution < 1.29 is 18.7 Å². The number of likely N-dealkylation sites (tertiary alicyclic amines) is 1. The Bertz CT molecular complexity index is 1530. The SMILES string of the molecule is C=C([C@@H](Cc1ccc2ccccc2c1)N(C)C(=O)COCC1CCCN1)N(C)C(Cc1ccc(F)cc1)C(=O)NCCC1CCCN1C. The zero-order chi connectivity index (χ0) is 34.0. The third-order valence-corrected chi connectivity index (χ3v) is 10.2. The predicted molar refractivity (Wildman–Crippen MR) is 190 cm³/mol. The van der Waals surface area contributed by atoms with Crippen molar-refractivity contribution in [3.63, 3.8) is 0 Å². The number of halogens is 1. The van der Waals surface area contributed by atoms with Crippen LogP contribution in [0.3, 0.4) is 0 Å². The number of fused-ring (bicyclic) bond motifs is 1. The van der Waals surface area contributed by atoms with Gasteiger partial charge in [0.25, 0.3) is 0 Å². The van der Waals surface area contributed by atoms with Crippen LogP contribution in [0, 0.1) is 5.82 Å². The fourth-order valence-corrected chi connectivity index (χ4v) is 7.04. The summed E-state index contributed by atoms with van der Waals surface area (Å²) >= 11 is 0. The van der Waals surface area contributed by atoms with E-state index < -0.39 is 12.1 Å². The average molecular weight is 658 g/mol. The third-order valence-electron chi connectivity index (χ3n) is 10.2. The smallest absolute Gasteiger partial charge is 0.248 e. The normalized spacial score (nSPS) is 19.2.